The molecule has 2 aromatic rings. The number of halogens is 3. The highest BCUT2D eigenvalue weighted by molar-refractivity contribution is 5.92. The van der Waals surface area contributed by atoms with Gasteiger partial charge in [0, 0.05) is 36.5 Å². The molecule has 2 unspecified atom stereocenters. The fourth-order valence-corrected chi connectivity index (χ4v) is 4.00. The summed E-state index contributed by atoms with van der Waals surface area (Å²) in [6, 6.07) is 10.1. The molecular weight excluding hydrogens is 533 g/mol. The number of carbonyl (C=O) groups excluding carboxylic acids is 1. The summed E-state index contributed by atoms with van der Waals surface area (Å²) >= 11 is 0. The predicted molar refractivity (Wildman–Crippen MR) is 156 cm³/mol. The third-order valence-electron chi connectivity index (χ3n) is 6.15. The van der Waals surface area contributed by atoms with E-state index in [9.17, 15) is 18.0 Å². The third-order valence-corrected chi connectivity index (χ3v) is 6.15. The van der Waals surface area contributed by atoms with Crippen molar-refractivity contribution in [3.63, 3.8) is 0 Å². The Morgan fingerprint density at radius 2 is 2.05 bits per heavy atom. The zero-order chi connectivity index (χ0) is 29.5. The second-order valence-electron chi connectivity index (χ2n) is 9.87. The molecular formula is C31H37F3N4O3. The van der Waals surface area contributed by atoms with E-state index in [0.717, 1.165) is 36.1 Å². The van der Waals surface area contributed by atoms with E-state index in [4.69, 9.17) is 14.2 Å². The van der Waals surface area contributed by atoms with Gasteiger partial charge in [-0.2, -0.15) is 13.2 Å². The minimum Gasteiger partial charge on any atom is -0.466 e. The molecule has 2 atom stereocenters. The van der Waals surface area contributed by atoms with Gasteiger partial charge in [0.25, 0.3) is 0 Å². The van der Waals surface area contributed by atoms with Crippen molar-refractivity contribution in [3.8, 4) is 0 Å². The molecule has 0 fully saturated rings. The largest absolute Gasteiger partial charge is 0.466 e. The second-order valence-corrected chi connectivity index (χ2v) is 9.87. The van der Waals surface area contributed by atoms with Crippen molar-refractivity contribution in [3.05, 3.63) is 89.6 Å². The molecule has 1 heterocycles. The van der Waals surface area contributed by atoms with Crippen LogP contribution in [0.2, 0.25) is 0 Å². The predicted octanol–water partition coefficient (Wildman–Crippen LogP) is 7.47. The molecule has 1 aliphatic carbocycles. The van der Waals surface area contributed by atoms with Gasteiger partial charge in [-0.05, 0) is 67.7 Å². The average molecular weight is 571 g/mol. The summed E-state index contributed by atoms with van der Waals surface area (Å²) in [6.07, 6.45) is 11.8. The number of carbonyl (C=O) groups is 1. The second kappa shape index (κ2) is 16.4. The Labute approximate surface area is 238 Å². The van der Waals surface area contributed by atoms with E-state index < -0.39 is 24.5 Å². The number of hydrogen-bond donors (Lipinski definition) is 2. The molecule has 2 N–H and O–H groups in total. The molecule has 1 aromatic heterocycles. The number of oxime groups is 1. The highest BCUT2D eigenvalue weighted by Crippen LogP contribution is 2.22. The Kier molecular flexibility index (Phi) is 12.6. The smallest absolute Gasteiger partial charge is 0.390 e. The molecule has 0 saturated carbocycles. The Bertz CT molecular complexity index is 1250. The molecule has 0 aliphatic heterocycles. The third kappa shape index (κ3) is 12.9. The standard InChI is InChI=1S/C31H37F3N4O3/c1-23(26-10-7-12-28(18-26)38-30(39)21-35-24(2)19-31(32,33)34)20-36-27-11-6-4-3-5-9-25(17-27)14-15-37-41-22-29-13-8-16-40-29/h5,7-13,15-18,20,23-24,35H,3-4,6,14,19,21-22H2,1-2H3,(H,38,39)/b9-5?,25-17?,27-11-,36-20?,37-15-. The van der Waals surface area contributed by atoms with Gasteiger partial charge in [-0.1, -0.05) is 42.4 Å². The van der Waals surface area contributed by atoms with Crippen LogP contribution >= 0.6 is 0 Å². The van der Waals surface area contributed by atoms with Crippen molar-refractivity contribution in [2.45, 2.75) is 70.7 Å². The van der Waals surface area contributed by atoms with Crippen LogP contribution in [0.4, 0.5) is 18.9 Å². The summed E-state index contributed by atoms with van der Waals surface area (Å²) < 4.78 is 42.7. The number of nitrogens with one attached hydrogen (secondary N) is 2. The zero-order valence-corrected chi connectivity index (χ0v) is 23.4. The Morgan fingerprint density at radius 3 is 2.83 bits per heavy atom. The quantitative estimate of drug-likeness (QED) is 0.193. The van der Waals surface area contributed by atoms with Crippen molar-refractivity contribution in [1.29, 1.82) is 0 Å². The van der Waals surface area contributed by atoms with Crippen molar-refractivity contribution in [2.75, 3.05) is 11.9 Å². The molecule has 0 spiro atoms. The van der Waals surface area contributed by atoms with E-state index >= 15 is 0 Å². The van der Waals surface area contributed by atoms with Crippen LogP contribution in [-0.4, -0.2) is 37.1 Å². The highest BCUT2D eigenvalue weighted by atomic mass is 19.4. The Hall–Kier alpha value is -3.92. The summed E-state index contributed by atoms with van der Waals surface area (Å²) in [7, 11) is 0. The van der Waals surface area contributed by atoms with Crippen LogP contribution in [0.5, 0.6) is 0 Å². The van der Waals surface area contributed by atoms with Gasteiger partial charge < -0.3 is 19.9 Å². The van der Waals surface area contributed by atoms with Crippen LogP contribution in [-0.2, 0) is 16.2 Å². The van der Waals surface area contributed by atoms with Gasteiger partial charge in [0.2, 0.25) is 5.91 Å². The van der Waals surface area contributed by atoms with E-state index in [0.29, 0.717) is 17.9 Å². The topological polar surface area (TPSA) is 88.2 Å². The molecule has 0 saturated heterocycles. The maximum Gasteiger partial charge on any atom is 0.390 e. The van der Waals surface area contributed by atoms with E-state index in [-0.39, 0.29) is 19.1 Å². The van der Waals surface area contributed by atoms with Crippen molar-refractivity contribution in [2.24, 2.45) is 10.1 Å². The summed E-state index contributed by atoms with van der Waals surface area (Å²) in [6.45, 7) is 3.47. The summed E-state index contributed by atoms with van der Waals surface area (Å²) in [5, 5.41) is 9.37. The molecule has 1 amide bonds. The van der Waals surface area contributed by atoms with Gasteiger partial charge in [-0.15, -0.1) is 0 Å². The van der Waals surface area contributed by atoms with E-state index in [1.165, 1.54) is 6.92 Å². The van der Waals surface area contributed by atoms with Gasteiger partial charge in [0.15, 0.2) is 6.61 Å². The van der Waals surface area contributed by atoms with Crippen LogP contribution in [0.1, 0.15) is 63.2 Å². The Morgan fingerprint density at radius 1 is 1.20 bits per heavy atom. The minimum absolute atomic E-state index is 0.0470. The van der Waals surface area contributed by atoms with Gasteiger partial charge in [-0.25, -0.2) is 0 Å². The van der Waals surface area contributed by atoms with E-state index in [1.807, 2.05) is 43.5 Å². The van der Waals surface area contributed by atoms with E-state index in [1.54, 1.807) is 24.6 Å². The normalized spacial score (nSPS) is 17.3. The molecule has 1 aromatic carbocycles. The zero-order valence-electron chi connectivity index (χ0n) is 23.4. The molecule has 3 rings (SSSR count). The van der Waals surface area contributed by atoms with Crippen molar-refractivity contribution in [1.82, 2.24) is 5.32 Å². The number of rotatable bonds is 13. The maximum absolute atomic E-state index is 12.5. The van der Waals surface area contributed by atoms with Crippen LogP contribution in [0.3, 0.4) is 0 Å². The molecule has 7 nitrogen and oxygen atoms in total. The lowest BCUT2D eigenvalue weighted by molar-refractivity contribution is -0.139. The first-order valence-electron chi connectivity index (χ1n) is 13.7. The van der Waals surface area contributed by atoms with Crippen LogP contribution in [0.15, 0.2) is 92.8 Å². The molecule has 10 heteroatoms. The first-order valence-corrected chi connectivity index (χ1v) is 13.7. The highest BCUT2D eigenvalue weighted by Gasteiger charge is 2.29. The number of allylic oxidation sites excluding steroid dienone is 5. The summed E-state index contributed by atoms with van der Waals surface area (Å²) in [5.74, 6) is 0.250. The first kappa shape index (κ1) is 31.6. The molecule has 41 heavy (non-hydrogen) atoms. The Balaban J connectivity index is 1.56. The molecule has 0 bridgehead atoms. The van der Waals surface area contributed by atoms with E-state index in [2.05, 4.69) is 34.0 Å². The lowest BCUT2D eigenvalue weighted by Crippen LogP contribution is -2.37. The molecule has 220 valence electrons. The minimum atomic E-state index is -4.28. The van der Waals surface area contributed by atoms with Gasteiger partial charge in [0.1, 0.15) is 5.76 Å². The van der Waals surface area contributed by atoms with Crippen LogP contribution in [0, 0.1) is 0 Å². The lowest BCUT2D eigenvalue weighted by Gasteiger charge is -2.16. The van der Waals surface area contributed by atoms with Gasteiger partial charge in [0.05, 0.1) is 24.9 Å². The lowest BCUT2D eigenvalue weighted by atomic mass is 10.0. The average Bonchev–Trinajstić information content (AvgIpc) is 3.47. The van der Waals surface area contributed by atoms with Crippen molar-refractivity contribution < 1.29 is 27.2 Å². The first-order chi connectivity index (χ1) is 19.7. The van der Waals surface area contributed by atoms with Gasteiger partial charge in [-0.3, -0.25) is 9.79 Å². The molecule has 1 aliphatic rings. The number of alkyl halides is 3. The number of furan rings is 1. The monoisotopic (exact) mass is 570 g/mol. The van der Waals surface area contributed by atoms with Crippen LogP contribution in [0.25, 0.3) is 0 Å². The number of nitrogens with zero attached hydrogens (tertiary/aromatic N) is 2. The number of hydrogen-bond acceptors (Lipinski definition) is 6. The summed E-state index contributed by atoms with van der Waals surface area (Å²) in [5.41, 5.74) is 3.42. The molecule has 0 radical (unpaired) electrons. The van der Waals surface area contributed by atoms with Crippen LogP contribution < -0.4 is 10.6 Å². The number of amides is 1. The maximum atomic E-state index is 12.5. The van der Waals surface area contributed by atoms with Crippen molar-refractivity contribution >= 4 is 24.0 Å². The van der Waals surface area contributed by atoms with Gasteiger partial charge >= 0.3 is 6.18 Å². The number of benzene rings is 1. The number of aliphatic imine (C=N–C) groups is 1. The summed E-state index contributed by atoms with van der Waals surface area (Å²) in [4.78, 5) is 22.3. The fraction of sp³-hybridized carbons (Fsp3) is 0.387. The fourth-order valence-electron chi connectivity index (χ4n) is 4.00. The SMILES string of the molecule is CC(CC(F)(F)F)NCC(=O)Nc1cccc(C(C)C=N/C2=C\CCCC=CC(C/C=N\OCc3ccco3)=C2)c1. The number of anilines is 1.